The normalized spacial score (nSPS) is 20.6. The summed E-state index contributed by atoms with van der Waals surface area (Å²) in [7, 11) is 1.37. The summed E-state index contributed by atoms with van der Waals surface area (Å²) >= 11 is 0. The molecule has 13 heteroatoms. The maximum Gasteiger partial charge on any atom is 0.404 e. The van der Waals surface area contributed by atoms with E-state index in [-0.39, 0.29) is 27.8 Å². The molecule has 13 nitrogen and oxygen atoms in total. The van der Waals surface area contributed by atoms with Crippen molar-refractivity contribution in [1.29, 1.82) is 0 Å². The molecule has 4 atom stereocenters. The zero-order chi connectivity index (χ0) is 33.3. The summed E-state index contributed by atoms with van der Waals surface area (Å²) < 4.78 is 33.9. The number of aromatic hydroxyl groups is 1. The molecule has 3 aromatic carbocycles. The second-order valence-electron chi connectivity index (χ2n) is 11.3. The summed E-state index contributed by atoms with van der Waals surface area (Å²) in [6.45, 7) is 6.78. The number of aryl methyl sites for hydroxylation is 2. The molecule has 1 fully saturated rings. The molecule has 46 heavy (non-hydrogen) atoms. The van der Waals surface area contributed by atoms with Crippen LogP contribution < -0.4 is 26.1 Å². The minimum absolute atomic E-state index is 0.0316. The molecule has 5 rings (SSSR count). The maximum atomic E-state index is 13.1. The standard InChI is InChI=1S/C33H34N2O11/c1-16-9-6-7-12-21(16)42-19-11-8-10-18(15-19)29(38)35-23-24(36)20-13-14-22(17(2)26(20)44-30(23)39)43-31-25(37)27(45-32(34)40)28(41-5)33(3,4)46-31/h6-15,25,27-28,31,36-37H,1-5H3,(H2,34,40)(H,35,38)/t25-,27+,28-,31-/m1/s1. The first-order valence-electron chi connectivity index (χ1n) is 14.3. The van der Waals surface area contributed by atoms with Crippen LogP contribution in [0.1, 0.15) is 35.3 Å². The number of methoxy groups -OCH3 is 1. The quantitative estimate of drug-likeness (QED) is 0.200. The highest BCUT2D eigenvalue weighted by Gasteiger charge is 2.53. The first-order chi connectivity index (χ1) is 21.8. The molecule has 1 saturated heterocycles. The summed E-state index contributed by atoms with van der Waals surface area (Å²) in [6, 6.07) is 16.6. The molecule has 0 unspecified atom stereocenters. The molecule has 242 valence electrons. The van der Waals surface area contributed by atoms with E-state index < -0.39 is 59.3 Å². The fourth-order valence-corrected chi connectivity index (χ4v) is 5.36. The molecule has 5 N–H and O–H groups in total. The van der Waals surface area contributed by atoms with E-state index in [0.29, 0.717) is 11.5 Å². The second-order valence-corrected chi connectivity index (χ2v) is 11.3. The molecule has 0 radical (unpaired) electrons. The van der Waals surface area contributed by atoms with Gasteiger partial charge in [0.2, 0.25) is 6.29 Å². The van der Waals surface area contributed by atoms with E-state index >= 15 is 0 Å². The Morgan fingerprint density at radius 1 is 1.02 bits per heavy atom. The van der Waals surface area contributed by atoms with Gasteiger partial charge in [-0.3, -0.25) is 4.79 Å². The van der Waals surface area contributed by atoms with Crippen molar-refractivity contribution in [3.63, 3.8) is 0 Å². The van der Waals surface area contributed by atoms with Gasteiger partial charge in [-0.25, -0.2) is 9.59 Å². The molecule has 0 saturated carbocycles. The molecule has 2 heterocycles. The van der Waals surface area contributed by atoms with Gasteiger partial charge < -0.3 is 49.4 Å². The Labute approximate surface area is 263 Å². The number of carbonyl (C=O) groups is 2. The first kappa shape index (κ1) is 32.3. The highest BCUT2D eigenvalue weighted by molar-refractivity contribution is 6.06. The first-order valence-corrected chi connectivity index (χ1v) is 14.3. The third-order valence-corrected chi connectivity index (χ3v) is 7.67. The number of rotatable bonds is 8. The largest absolute Gasteiger partial charge is 0.505 e. The minimum atomic E-state index is -1.51. The summed E-state index contributed by atoms with van der Waals surface area (Å²) in [5, 5.41) is 24.6. The minimum Gasteiger partial charge on any atom is -0.505 e. The number of ether oxygens (including phenoxy) is 5. The van der Waals surface area contributed by atoms with E-state index in [1.54, 1.807) is 39.0 Å². The summed E-state index contributed by atoms with van der Waals surface area (Å²) in [5.74, 6) is -0.0409. The van der Waals surface area contributed by atoms with Gasteiger partial charge in [-0.05, 0) is 69.7 Å². The monoisotopic (exact) mass is 634 g/mol. The van der Waals surface area contributed by atoms with Crippen LogP contribution in [0.4, 0.5) is 10.5 Å². The molecule has 2 amide bonds. The van der Waals surface area contributed by atoms with Gasteiger partial charge >= 0.3 is 11.7 Å². The molecule has 1 aliphatic rings. The van der Waals surface area contributed by atoms with Crippen LogP contribution >= 0.6 is 0 Å². The van der Waals surface area contributed by atoms with Crippen molar-refractivity contribution in [3.05, 3.63) is 87.8 Å². The van der Waals surface area contributed by atoms with Gasteiger partial charge in [0.1, 0.15) is 28.9 Å². The number of nitrogens with two attached hydrogens (primary N) is 1. The maximum absolute atomic E-state index is 13.1. The number of carbonyl (C=O) groups excluding carboxylic acids is 2. The summed E-state index contributed by atoms with van der Waals surface area (Å²) in [6.07, 6.45) is -6.09. The van der Waals surface area contributed by atoms with Crippen molar-refractivity contribution >= 4 is 28.7 Å². The second kappa shape index (κ2) is 12.7. The van der Waals surface area contributed by atoms with E-state index in [0.717, 1.165) is 5.56 Å². The highest BCUT2D eigenvalue weighted by Crippen LogP contribution is 2.38. The van der Waals surface area contributed by atoms with E-state index in [1.807, 2.05) is 25.1 Å². The molecular weight excluding hydrogens is 600 g/mol. The van der Waals surface area contributed by atoms with Crippen LogP contribution in [0.3, 0.4) is 0 Å². The number of hydrogen-bond acceptors (Lipinski definition) is 11. The lowest BCUT2D eigenvalue weighted by Gasteiger charge is -2.47. The Balaban J connectivity index is 1.39. The Kier molecular flexibility index (Phi) is 8.92. The van der Waals surface area contributed by atoms with Gasteiger partial charge in [0.05, 0.1) is 11.0 Å². The average Bonchev–Trinajstić information content (AvgIpc) is 3.00. The van der Waals surface area contributed by atoms with Crippen LogP contribution in [0.25, 0.3) is 11.0 Å². The van der Waals surface area contributed by atoms with Gasteiger partial charge in [-0.1, -0.05) is 24.3 Å². The van der Waals surface area contributed by atoms with Crippen molar-refractivity contribution in [2.24, 2.45) is 5.73 Å². The van der Waals surface area contributed by atoms with Crippen LogP contribution in [-0.4, -0.2) is 59.5 Å². The van der Waals surface area contributed by atoms with E-state index in [1.165, 1.54) is 31.4 Å². The van der Waals surface area contributed by atoms with Crippen LogP contribution in [0.2, 0.25) is 0 Å². The Morgan fingerprint density at radius 3 is 2.46 bits per heavy atom. The lowest BCUT2D eigenvalue weighted by molar-refractivity contribution is -0.304. The molecule has 0 spiro atoms. The zero-order valence-corrected chi connectivity index (χ0v) is 25.7. The van der Waals surface area contributed by atoms with Crippen molar-refractivity contribution < 1.29 is 47.9 Å². The van der Waals surface area contributed by atoms with Gasteiger partial charge in [0, 0.05) is 18.2 Å². The number of para-hydroxylation sites is 1. The highest BCUT2D eigenvalue weighted by atomic mass is 16.7. The molecular formula is C33H34N2O11. The molecule has 1 aliphatic heterocycles. The molecule has 4 aromatic rings. The topological polar surface area (TPSA) is 189 Å². The Bertz CT molecular complexity index is 1850. The van der Waals surface area contributed by atoms with Crippen molar-refractivity contribution in [1.82, 2.24) is 0 Å². The van der Waals surface area contributed by atoms with E-state index in [2.05, 4.69) is 5.32 Å². The SMILES string of the molecule is CO[C@@H]1[C@@H](OC(N)=O)[C@@H](O)[C@H](Oc2ccc3c(O)c(NC(=O)c4cccc(Oc5ccccc5C)c4)c(=O)oc3c2C)OC1(C)C. The predicted octanol–water partition coefficient (Wildman–Crippen LogP) is 4.51. The van der Waals surface area contributed by atoms with Gasteiger partial charge in [0.15, 0.2) is 23.6 Å². The van der Waals surface area contributed by atoms with E-state index in [9.17, 15) is 24.6 Å². The summed E-state index contributed by atoms with van der Waals surface area (Å²) in [4.78, 5) is 37.7. The predicted molar refractivity (Wildman–Crippen MR) is 165 cm³/mol. The molecule has 0 bridgehead atoms. The number of aliphatic hydroxyl groups is 1. The van der Waals surface area contributed by atoms with Crippen LogP contribution in [-0.2, 0) is 14.2 Å². The molecule has 1 aromatic heterocycles. The van der Waals surface area contributed by atoms with Crippen molar-refractivity contribution in [2.45, 2.75) is 57.9 Å². The Morgan fingerprint density at radius 2 is 1.76 bits per heavy atom. The fourth-order valence-electron chi connectivity index (χ4n) is 5.36. The number of amides is 2. The number of benzene rings is 3. The van der Waals surface area contributed by atoms with Gasteiger partial charge in [-0.2, -0.15) is 0 Å². The number of anilines is 1. The smallest absolute Gasteiger partial charge is 0.404 e. The van der Waals surface area contributed by atoms with E-state index in [4.69, 9.17) is 33.8 Å². The van der Waals surface area contributed by atoms with Crippen molar-refractivity contribution in [2.75, 3.05) is 12.4 Å². The third-order valence-electron chi connectivity index (χ3n) is 7.67. The number of nitrogens with one attached hydrogen (secondary N) is 1. The lowest BCUT2D eigenvalue weighted by Crippen LogP contribution is -2.65. The third kappa shape index (κ3) is 6.33. The number of hydrogen-bond donors (Lipinski definition) is 4. The zero-order valence-electron chi connectivity index (χ0n) is 25.7. The average molecular weight is 635 g/mol. The summed E-state index contributed by atoms with van der Waals surface area (Å²) in [5.41, 5.74) is 3.98. The van der Waals surface area contributed by atoms with Crippen LogP contribution in [0.15, 0.2) is 69.9 Å². The Hall–Kier alpha value is -5.11. The number of aliphatic hydroxyl groups excluding tert-OH is 1. The number of primary amides is 1. The van der Waals surface area contributed by atoms with Crippen LogP contribution in [0.5, 0.6) is 23.0 Å². The van der Waals surface area contributed by atoms with Gasteiger partial charge in [0.25, 0.3) is 5.91 Å². The molecule has 0 aliphatic carbocycles. The number of fused-ring (bicyclic) bond motifs is 1. The fraction of sp³-hybridized carbons (Fsp3) is 0.303. The van der Waals surface area contributed by atoms with Crippen molar-refractivity contribution in [3.8, 4) is 23.0 Å². The van der Waals surface area contributed by atoms with Crippen LogP contribution in [0, 0.1) is 13.8 Å². The van der Waals surface area contributed by atoms with Gasteiger partial charge in [-0.15, -0.1) is 0 Å². The lowest BCUT2D eigenvalue weighted by atomic mass is 9.89.